The van der Waals surface area contributed by atoms with Gasteiger partial charge in [-0.25, -0.2) is 13.1 Å². The van der Waals surface area contributed by atoms with Gasteiger partial charge in [0.2, 0.25) is 10.0 Å². The highest BCUT2D eigenvalue weighted by atomic mass is 32.2. The van der Waals surface area contributed by atoms with Crippen LogP contribution in [0.3, 0.4) is 0 Å². The number of aryl methyl sites for hydroxylation is 1. The van der Waals surface area contributed by atoms with Crippen LogP contribution in [0.5, 0.6) is 17.2 Å². The van der Waals surface area contributed by atoms with Crippen molar-refractivity contribution in [1.29, 1.82) is 0 Å². The molecule has 0 aliphatic carbocycles. The van der Waals surface area contributed by atoms with Crippen LogP contribution in [-0.4, -0.2) is 31.6 Å². The highest BCUT2D eigenvalue weighted by Crippen LogP contribution is 2.39. The van der Waals surface area contributed by atoms with Crippen molar-refractivity contribution < 1.29 is 31.1 Å². The molecule has 7 nitrogen and oxygen atoms in total. The Balaban J connectivity index is 1.77. The quantitative estimate of drug-likeness (QED) is 0.608. The van der Waals surface area contributed by atoms with Crippen molar-refractivity contribution in [3.63, 3.8) is 0 Å². The van der Waals surface area contributed by atoms with E-state index in [-0.39, 0.29) is 16.4 Å². The number of alkyl halides is 3. The molecule has 0 saturated heterocycles. The van der Waals surface area contributed by atoms with Gasteiger partial charge < -0.3 is 9.47 Å². The minimum Gasteiger partial charge on any atom is -0.457 e. The van der Waals surface area contributed by atoms with Crippen LogP contribution in [0.2, 0.25) is 0 Å². The molecule has 1 aromatic heterocycles. The maximum absolute atomic E-state index is 12.5. The number of nitrogens with one attached hydrogen (secondary N) is 1. The molecule has 0 atom stereocenters. The molecule has 4 rings (SSSR count). The lowest BCUT2D eigenvalue weighted by molar-refractivity contribution is -0.274. The maximum Gasteiger partial charge on any atom is 0.573 e. The van der Waals surface area contributed by atoms with E-state index in [1.807, 2.05) is 4.68 Å². The molecule has 0 saturated carbocycles. The number of rotatable bonds is 6. The SMILES string of the molecule is CNS(=O)(=O)c1ccc(Oc2cccc(OC(F)(F)F)c2)c(-c2cnn3c2CCC3)c1. The van der Waals surface area contributed by atoms with Crippen LogP contribution in [0.15, 0.2) is 53.6 Å². The standard InChI is InChI=1S/C20H18F3N3O4S/c1-24-31(27,28)15-7-8-19(16(11-15)17-12-25-26-9-3-6-18(17)26)29-13-4-2-5-14(10-13)30-20(21,22)23/h2,4-5,7-8,10-12,24H,3,6,9H2,1H3. The summed E-state index contributed by atoms with van der Waals surface area (Å²) in [6.07, 6.45) is -1.51. The van der Waals surface area contributed by atoms with Crippen molar-refractivity contribution in [2.24, 2.45) is 0 Å². The fourth-order valence-electron chi connectivity index (χ4n) is 3.44. The number of hydrogen-bond acceptors (Lipinski definition) is 5. The summed E-state index contributed by atoms with van der Waals surface area (Å²) in [5.41, 5.74) is 2.13. The zero-order valence-corrected chi connectivity index (χ0v) is 17.1. The van der Waals surface area contributed by atoms with E-state index in [4.69, 9.17) is 4.74 Å². The molecule has 164 valence electrons. The van der Waals surface area contributed by atoms with Crippen molar-refractivity contribution in [2.75, 3.05) is 7.05 Å². The number of benzene rings is 2. The lowest BCUT2D eigenvalue weighted by atomic mass is 10.0. The minimum atomic E-state index is -4.83. The molecular formula is C20H18F3N3O4S. The van der Waals surface area contributed by atoms with Crippen molar-refractivity contribution in [3.05, 3.63) is 54.4 Å². The van der Waals surface area contributed by atoms with Gasteiger partial charge in [0.15, 0.2) is 0 Å². The largest absolute Gasteiger partial charge is 0.573 e. The van der Waals surface area contributed by atoms with Crippen LogP contribution in [-0.2, 0) is 23.0 Å². The van der Waals surface area contributed by atoms with Gasteiger partial charge >= 0.3 is 6.36 Å². The Morgan fingerprint density at radius 3 is 2.61 bits per heavy atom. The fraction of sp³-hybridized carbons (Fsp3) is 0.250. The molecule has 0 fully saturated rings. The van der Waals surface area contributed by atoms with Gasteiger partial charge in [-0.15, -0.1) is 13.2 Å². The second-order valence-electron chi connectivity index (χ2n) is 6.82. The second kappa shape index (κ2) is 7.89. The van der Waals surface area contributed by atoms with E-state index in [2.05, 4.69) is 14.6 Å². The number of sulfonamides is 1. The van der Waals surface area contributed by atoms with E-state index in [9.17, 15) is 21.6 Å². The highest BCUT2D eigenvalue weighted by Gasteiger charge is 2.31. The van der Waals surface area contributed by atoms with Crippen LogP contribution < -0.4 is 14.2 Å². The Labute approximate surface area is 176 Å². The monoisotopic (exact) mass is 453 g/mol. The van der Waals surface area contributed by atoms with Crippen LogP contribution in [0.25, 0.3) is 11.1 Å². The molecule has 3 aromatic rings. The van der Waals surface area contributed by atoms with Gasteiger partial charge in [0.25, 0.3) is 0 Å². The Morgan fingerprint density at radius 2 is 1.87 bits per heavy atom. The van der Waals surface area contributed by atoms with Gasteiger partial charge in [0.05, 0.1) is 11.1 Å². The molecule has 0 unspecified atom stereocenters. The summed E-state index contributed by atoms with van der Waals surface area (Å²) in [4.78, 5) is 0.0319. The molecule has 11 heteroatoms. The first-order chi connectivity index (χ1) is 14.7. The van der Waals surface area contributed by atoms with Crippen LogP contribution in [0.4, 0.5) is 13.2 Å². The molecule has 2 aromatic carbocycles. The average Bonchev–Trinajstić information content (AvgIpc) is 3.31. The van der Waals surface area contributed by atoms with Gasteiger partial charge in [-0.1, -0.05) is 6.07 Å². The van der Waals surface area contributed by atoms with E-state index in [1.165, 1.54) is 37.4 Å². The molecular weight excluding hydrogens is 435 g/mol. The Bertz CT molecular complexity index is 1220. The van der Waals surface area contributed by atoms with Crippen LogP contribution in [0, 0.1) is 0 Å². The first-order valence-corrected chi connectivity index (χ1v) is 10.8. The average molecular weight is 453 g/mol. The summed E-state index contributed by atoms with van der Waals surface area (Å²) in [6.45, 7) is 0.761. The van der Waals surface area contributed by atoms with Crippen molar-refractivity contribution in [2.45, 2.75) is 30.6 Å². The summed E-state index contributed by atoms with van der Waals surface area (Å²) in [5, 5.41) is 4.34. The highest BCUT2D eigenvalue weighted by molar-refractivity contribution is 7.89. The van der Waals surface area contributed by atoms with Gasteiger partial charge in [-0.3, -0.25) is 4.68 Å². The molecule has 0 amide bonds. The molecule has 0 bridgehead atoms. The van der Waals surface area contributed by atoms with E-state index in [1.54, 1.807) is 6.20 Å². The Hall–Kier alpha value is -3.05. The predicted molar refractivity (Wildman–Crippen MR) is 105 cm³/mol. The number of hydrogen-bond donors (Lipinski definition) is 1. The van der Waals surface area contributed by atoms with Crippen molar-refractivity contribution in [3.8, 4) is 28.4 Å². The molecule has 1 aliphatic heterocycles. The van der Waals surface area contributed by atoms with Crippen LogP contribution >= 0.6 is 0 Å². The van der Waals surface area contributed by atoms with E-state index in [0.717, 1.165) is 37.2 Å². The number of aromatic nitrogens is 2. The first-order valence-electron chi connectivity index (χ1n) is 9.32. The summed E-state index contributed by atoms with van der Waals surface area (Å²) in [6, 6.07) is 9.42. The number of nitrogens with zero attached hydrogens (tertiary/aromatic N) is 2. The van der Waals surface area contributed by atoms with Gasteiger partial charge in [-0.2, -0.15) is 5.10 Å². The zero-order chi connectivity index (χ0) is 22.2. The summed E-state index contributed by atoms with van der Waals surface area (Å²) in [5.74, 6) is -0.0368. The molecule has 1 N–H and O–H groups in total. The van der Waals surface area contributed by atoms with Crippen molar-refractivity contribution in [1.82, 2.24) is 14.5 Å². The van der Waals surface area contributed by atoms with Gasteiger partial charge in [0, 0.05) is 29.4 Å². The molecule has 0 spiro atoms. The third-order valence-electron chi connectivity index (χ3n) is 4.82. The topological polar surface area (TPSA) is 82.5 Å². The lowest BCUT2D eigenvalue weighted by Gasteiger charge is -2.14. The number of ether oxygens (including phenoxy) is 2. The van der Waals surface area contributed by atoms with Gasteiger partial charge in [0.1, 0.15) is 17.2 Å². The predicted octanol–water partition coefficient (Wildman–Crippen LogP) is 4.10. The summed E-state index contributed by atoms with van der Waals surface area (Å²) in [7, 11) is -2.41. The second-order valence-corrected chi connectivity index (χ2v) is 8.71. The molecule has 0 radical (unpaired) electrons. The third kappa shape index (κ3) is 4.52. The summed E-state index contributed by atoms with van der Waals surface area (Å²) >= 11 is 0. The van der Waals surface area contributed by atoms with Crippen LogP contribution in [0.1, 0.15) is 12.1 Å². The Kier molecular flexibility index (Phi) is 5.40. The van der Waals surface area contributed by atoms with E-state index in [0.29, 0.717) is 11.1 Å². The van der Waals surface area contributed by atoms with E-state index >= 15 is 0 Å². The molecule has 31 heavy (non-hydrogen) atoms. The fourth-order valence-corrected chi connectivity index (χ4v) is 4.20. The number of halogens is 3. The summed E-state index contributed by atoms with van der Waals surface area (Å²) < 4.78 is 76.1. The maximum atomic E-state index is 12.5. The minimum absolute atomic E-state index is 0.0319. The molecule has 2 heterocycles. The number of fused-ring (bicyclic) bond motifs is 1. The zero-order valence-electron chi connectivity index (χ0n) is 16.3. The normalized spacial score (nSPS) is 13.8. The van der Waals surface area contributed by atoms with E-state index < -0.39 is 22.1 Å². The third-order valence-corrected chi connectivity index (χ3v) is 6.23. The Morgan fingerprint density at radius 1 is 1.10 bits per heavy atom. The lowest BCUT2D eigenvalue weighted by Crippen LogP contribution is -2.18. The van der Waals surface area contributed by atoms with Crippen molar-refractivity contribution >= 4 is 10.0 Å². The molecule has 1 aliphatic rings. The van der Waals surface area contributed by atoms with Gasteiger partial charge in [-0.05, 0) is 50.2 Å². The smallest absolute Gasteiger partial charge is 0.457 e. The first kappa shape index (κ1) is 21.2.